The second-order valence-corrected chi connectivity index (χ2v) is 7.71. The Labute approximate surface area is 160 Å². The maximum Gasteiger partial charge on any atom is 0.265 e. The number of para-hydroxylation sites is 2. The highest BCUT2D eigenvalue weighted by Crippen LogP contribution is 2.35. The summed E-state index contributed by atoms with van der Waals surface area (Å²) in [6.07, 6.45) is 5.90. The molecule has 0 bridgehead atoms. The predicted molar refractivity (Wildman–Crippen MR) is 102 cm³/mol. The summed E-state index contributed by atoms with van der Waals surface area (Å²) >= 11 is 0. The number of rotatable bonds is 4. The summed E-state index contributed by atoms with van der Waals surface area (Å²) in [7, 11) is 0. The van der Waals surface area contributed by atoms with Crippen LogP contribution in [0.2, 0.25) is 0 Å². The van der Waals surface area contributed by atoms with E-state index in [0.29, 0.717) is 44.4 Å². The van der Waals surface area contributed by atoms with Crippen LogP contribution in [0.4, 0.5) is 5.69 Å². The van der Waals surface area contributed by atoms with Crippen molar-refractivity contribution in [2.45, 2.75) is 44.6 Å². The van der Waals surface area contributed by atoms with E-state index in [1.165, 1.54) is 25.7 Å². The lowest BCUT2D eigenvalue weighted by Gasteiger charge is -2.37. The SMILES string of the molecule is O=C([C@@H]1CN(C(=O)CCC2CCCC2)c2ccccc2O1)N1CCOCC1. The van der Waals surface area contributed by atoms with Gasteiger partial charge in [0.2, 0.25) is 5.91 Å². The number of carbonyl (C=O) groups excluding carboxylic acids is 2. The smallest absolute Gasteiger partial charge is 0.265 e. The minimum absolute atomic E-state index is 0.0543. The van der Waals surface area contributed by atoms with E-state index < -0.39 is 6.10 Å². The molecule has 0 radical (unpaired) electrons. The molecule has 0 spiro atoms. The standard InChI is InChI=1S/C21H28N2O4/c24-20(10-9-16-5-1-2-6-16)23-15-19(21(25)22-11-13-26-14-12-22)27-18-8-4-3-7-17(18)23/h3-4,7-8,16,19H,1-2,5-6,9-15H2/t19-/m0/s1. The van der Waals surface area contributed by atoms with Crippen molar-refractivity contribution in [1.29, 1.82) is 0 Å². The lowest BCUT2D eigenvalue weighted by Crippen LogP contribution is -2.54. The molecule has 1 saturated carbocycles. The maximum absolute atomic E-state index is 13.0. The van der Waals surface area contributed by atoms with Crippen molar-refractivity contribution >= 4 is 17.5 Å². The van der Waals surface area contributed by atoms with Gasteiger partial charge >= 0.3 is 0 Å². The van der Waals surface area contributed by atoms with Crippen LogP contribution in [0.3, 0.4) is 0 Å². The van der Waals surface area contributed by atoms with Crippen LogP contribution in [0, 0.1) is 5.92 Å². The average molecular weight is 372 g/mol. The lowest BCUT2D eigenvalue weighted by molar-refractivity contribution is -0.142. The zero-order chi connectivity index (χ0) is 18.6. The first-order chi connectivity index (χ1) is 13.2. The molecular weight excluding hydrogens is 344 g/mol. The third kappa shape index (κ3) is 4.10. The molecule has 0 N–H and O–H groups in total. The van der Waals surface area contributed by atoms with E-state index in [4.69, 9.17) is 9.47 Å². The first kappa shape index (κ1) is 18.3. The number of nitrogens with zero attached hydrogens (tertiary/aromatic N) is 2. The molecule has 4 rings (SSSR count). The molecule has 0 aromatic heterocycles. The van der Waals surface area contributed by atoms with Crippen molar-refractivity contribution in [3.05, 3.63) is 24.3 Å². The molecule has 2 heterocycles. The van der Waals surface area contributed by atoms with Crippen LogP contribution in [-0.2, 0) is 14.3 Å². The zero-order valence-electron chi connectivity index (χ0n) is 15.8. The van der Waals surface area contributed by atoms with Crippen molar-refractivity contribution in [3.63, 3.8) is 0 Å². The summed E-state index contributed by atoms with van der Waals surface area (Å²) < 4.78 is 11.3. The molecule has 3 aliphatic rings. The maximum atomic E-state index is 13.0. The van der Waals surface area contributed by atoms with Crippen molar-refractivity contribution in [2.24, 2.45) is 5.92 Å². The van der Waals surface area contributed by atoms with Gasteiger partial charge in [0.1, 0.15) is 5.75 Å². The van der Waals surface area contributed by atoms with E-state index in [2.05, 4.69) is 0 Å². The summed E-state index contributed by atoms with van der Waals surface area (Å²) in [5.74, 6) is 1.33. The number of hydrogen-bond acceptors (Lipinski definition) is 4. The van der Waals surface area contributed by atoms with Gasteiger partial charge in [-0.2, -0.15) is 0 Å². The third-order valence-electron chi connectivity index (χ3n) is 5.91. The van der Waals surface area contributed by atoms with Gasteiger partial charge in [-0.25, -0.2) is 0 Å². The summed E-state index contributed by atoms with van der Waals surface area (Å²) in [6.45, 7) is 2.56. The van der Waals surface area contributed by atoms with Crippen LogP contribution in [0.15, 0.2) is 24.3 Å². The molecule has 2 fully saturated rings. The molecule has 1 aromatic rings. The number of ether oxygens (including phenoxy) is 2. The quantitative estimate of drug-likeness (QED) is 0.815. The Hall–Kier alpha value is -2.08. The Morgan fingerprint density at radius 2 is 1.81 bits per heavy atom. The summed E-state index contributed by atoms with van der Waals surface area (Å²) in [4.78, 5) is 29.4. The number of morpholine rings is 1. The summed E-state index contributed by atoms with van der Waals surface area (Å²) in [6, 6.07) is 7.52. The monoisotopic (exact) mass is 372 g/mol. The Balaban J connectivity index is 1.47. The number of anilines is 1. The molecule has 0 unspecified atom stereocenters. The average Bonchev–Trinajstić information content (AvgIpc) is 3.25. The largest absolute Gasteiger partial charge is 0.476 e. The molecule has 2 amide bonds. The van der Waals surface area contributed by atoms with Gasteiger partial charge in [0.25, 0.3) is 5.91 Å². The van der Waals surface area contributed by atoms with E-state index in [1.807, 2.05) is 24.3 Å². The van der Waals surface area contributed by atoms with E-state index >= 15 is 0 Å². The van der Waals surface area contributed by atoms with Gasteiger partial charge in [0.05, 0.1) is 25.4 Å². The number of fused-ring (bicyclic) bond motifs is 1. The van der Waals surface area contributed by atoms with E-state index in [-0.39, 0.29) is 18.4 Å². The molecule has 27 heavy (non-hydrogen) atoms. The molecule has 1 saturated heterocycles. The molecule has 1 aliphatic carbocycles. The normalized spacial score (nSPS) is 23.0. The van der Waals surface area contributed by atoms with Crippen molar-refractivity contribution < 1.29 is 19.1 Å². The zero-order valence-corrected chi connectivity index (χ0v) is 15.8. The van der Waals surface area contributed by atoms with Gasteiger partial charge in [-0.3, -0.25) is 9.59 Å². The summed E-state index contributed by atoms with van der Waals surface area (Å²) in [5, 5.41) is 0. The molecule has 1 atom stereocenters. The molecule has 6 nitrogen and oxygen atoms in total. The van der Waals surface area contributed by atoms with Crippen LogP contribution in [-0.4, -0.2) is 55.7 Å². The van der Waals surface area contributed by atoms with Gasteiger partial charge in [-0.05, 0) is 24.5 Å². The minimum atomic E-state index is -0.645. The molecule has 2 aliphatic heterocycles. The Bertz CT molecular complexity index is 681. The van der Waals surface area contributed by atoms with Crippen molar-refractivity contribution in [3.8, 4) is 5.75 Å². The topological polar surface area (TPSA) is 59.1 Å². The molecule has 1 aromatic carbocycles. The number of benzene rings is 1. The highest BCUT2D eigenvalue weighted by Gasteiger charge is 2.36. The van der Waals surface area contributed by atoms with E-state index in [1.54, 1.807) is 9.80 Å². The van der Waals surface area contributed by atoms with Crippen molar-refractivity contribution in [1.82, 2.24) is 4.90 Å². The Morgan fingerprint density at radius 1 is 1.07 bits per heavy atom. The molecular formula is C21H28N2O4. The van der Waals surface area contributed by atoms with Crippen LogP contribution in [0.5, 0.6) is 5.75 Å². The Kier molecular flexibility index (Phi) is 5.62. The van der Waals surface area contributed by atoms with Gasteiger partial charge in [0, 0.05) is 19.5 Å². The van der Waals surface area contributed by atoms with Gasteiger partial charge in [0.15, 0.2) is 6.10 Å². The minimum Gasteiger partial charge on any atom is -0.476 e. The van der Waals surface area contributed by atoms with Gasteiger partial charge in [-0.1, -0.05) is 37.8 Å². The first-order valence-electron chi connectivity index (χ1n) is 10.1. The fraction of sp³-hybridized carbons (Fsp3) is 0.619. The number of amides is 2. The van der Waals surface area contributed by atoms with Crippen LogP contribution in [0.25, 0.3) is 0 Å². The van der Waals surface area contributed by atoms with Gasteiger partial charge < -0.3 is 19.3 Å². The fourth-order valence-electron chi connectivity index (χ4n) is 4.35. The first-order valence-corrected chi connectivity index (χ1v) is 10.1. The second-order valence-electron chi connectivity index (χ2n) is 7.71. The highest BCUT2D eigenvalue weighted by molar-refractivity contribution is 5.97. The van der Waals surface area contributed by atoms with E-state index in [9.17, 15) is 9.59 Å². The number of hydrogen-bond donors (Lipinski definition) is 0. The third-order valence-corrected chi connectivity index (χ3v) is 5.91. The second kappa shape index (κ2) is 8.30. The van der Waals surface area contributed by atoms with Crippen molar-refractivity contribution in [2.75, 3.05) is 37.7 Å². The number of carbonyl (C=O) groups is 2. The Morgan fingerprint density at radius 3 is 2.59 bits per heavy atom. The summed E-state index contributed by atoms with van der Waals surface area (Å²) in [5.41, 5.74) is 0.778. The fourth-order valence-corrected chi connectivity index (χ4v) is 4.35. The highest BCUT2D eigenvalue weighted by atomic mass is 16.5. The van der Waals surface area contributed by atoms with Gasteiger partial charge in [-0.15, -0.1) is 0 Å². The predicted octanol–water partition coefficient (Wildman–Crippen LogP) is 2.61. The van der Waals surface area contributed by atoms with Crippen LogP contribution < -0.4 is 9.64 Å². The van der Waals surface area contributed by atoms with Crippen LogP contribution >= 0.6 is 0 Å². The van der Waals surface area contributed by atoms with E-state index in [0.717, 1.165) is 12.1 Å². The molecule has 6 heteroatoms. The van der Waals surface area contributed by atoms with Crippen LogP contribution in [0.1, 0.15) is 38.5 Å². The lowest BCUT2D eigenvalue weighted by atomic mass is 10.0. The molecule has 146 valence electrons.